The zero-order valence-electron chi connectivity index (χ0n) is 7.55. The van der Waals surface area contributed by atoms with Crippen molar-refractivity contribution < 1.29 is 9.53 Å². The first-order chi connectivity index (χ1) is 5.11. The minimum absolute atomic E-state index is 0.221. The number of carbonyl (C=O) groups is 1. The van der Waals surface area contributed by atoms with Gasteiger partial charge in [0.1, 0.15) is 6.04 Å². The molecule has 0 spiro atoms. The summed E-state index contributed by atoms with van der Waals surface area (Å²) < 4.78 is 4.58. The Hall–Kier alpha value is -0.610. The van der Waals surface area contributed by atoms with Gasteiger partial charge in [0.2, 0.25) is 0 Å². The molecule has 0 aliphatic heterocycles. The van der Waals surface area contributed by atoms with Crippen LogP contribution in [0.3, 0.4) is 0 Å². The van der Waals surface area contributed by atoms with Crippen molar-refractivity contribution >= 4 is 5.97 Å². The Morgan fingerprint density at radius 2 is 2.18 bits per heavy atom. The van der Waals surface area contributed by atoms with E-state index in [4.69, 9.17) is 0 Å². The molecule has 11 heavy (non-hydrogen) atoms. The number of nitrogens with one attached hydrogen (secondary N) is 1. The summed E-state index contributed by atoms with van der Waals surface area (Å²) in [6, 6.07) is -0.227. The second kappa shape index (κ2) is 5.09. The standard InChI is InChI=1S/C7H16N2O2/c1-5-6(7(10)11-4)8-9(2)3/h6,8H,5H2,1-4H3. The summed E-state index contributed by atoms with van der Waals surface area (Å²) in [5.41, 5.74) is 2.94. The van der Waals surface area contributed by atoms with E-state index < -0.39 is 0 Å². The summed E-state index contributed by atoms with van der Waals surface area (Å²) in [4.78, 5) is 11.0. The fraction of sp³-hybridized carbons (Fsp3) is 0.857. The van der Waals surface area contributed by atoms with Crippen LogP contribution in [0.15, 0.2) is 0 Å². The van der Waals surface area contributed by atoms with Gasteiger partial charge in [-0.15, -0.1) is 0 Å². The molecule has 0 aromatic carbocycles. The zero-order chi connectivity index (χ0) is 8.85. The number of hydrazine groups is 1. The maximum absolute atomic E-state index is 11.0. The van der Waals surface area contributed by atoms with E-state index in [1.54, 1.807) is 5.01 Å². The smallest absolute Gasteiger partial charge is 0.324 e. The third-order valence-corrected chi connectivity index (χ3v) is 1.31. The Balaban J connectivity index is 3.84. The fourth-order valence-corrected chi connectivity index (χ4v) is 0.765. The SMILES string of the molecule is CCC(NN(C)C)C(=O)OC. The number of nitrogens with zero attached hydrogens (tertiary/aromatic N) is 1. The van der Waals surface area contributed by atoms with Crippen LogP contribution in [0.4, 0.5) is 0 Å². The van der Waals surface area contributed by atoms with Crippen LogP contribution in [0, 0.1) is 0 Å². The molecule has 0 fully saturated rings. The van der Waals surface area contributed by atoms with Crippen LogP contribution in [-0.4, -0.2) is 38.2 Å². The lowest BCUT2D eigenvalue weighted by Crippen LogP contribution is -2.44. The maximum Gasteiger partial charge on any atom is 0.324 e. The summed E-state index contributed by atoms with van der Waals surface area (Å²) >= 11 is 0. The molecule has 0 amide bonds. The molecule has 4 heteroatoms. The van der Waals surface area contributed by atoms with Gasteiger partial charge >= 0.3 is 5.97 Å². The molecule has 66 valence electrons. The van der Waals surface area contributed by atoms with Crippen LogP contribution in [0.2, 0.25) is 0 Å². The summed E-state index contributed by atoms with van der Waals surface area (Å²) in [5.74, 6) is -0.221. The third kappa shape index (κ3) is 3.95. The normalized spacial score (nSPS) is 13.2. The minimum Gasteiger partial charge on any atom is -0.468 e. The fourth-order valence-electron chi connectivity index (χ4n) is 0.765. The molecule has 0 aromatic rings. The summed E-state index contributed by atoms with van der Waals surface area (Å²) in [6.07, 6.45) is 0.727. The Morgan fingerprint density at radius 1 is 1.64 bits per heavy atom. The van der Waals surface area contributed by atoms with Gasteiger partial charge in [-0.2, -0.15) is 0 Å². The molecule has 0 saturated carbocycles. The highest BCUT2D eigenvalue weighted by Gasteiger charge is 2.16. The highest BCUT2D eigenvalue weighted by molar-refractivity contribution is 5.75. The molecule has 0 radical (unpaired) electrons. The van der Waals surface area contributed by atoms with Gasteiger partial charge in [0.15, 0.2) is 0 Å². The van der Waals surface area contributed by atoms with Gasteiger partial charge in [0.05, 0.1) is 7.11 Å². The number of carbonyl (C=O) groups excluding carboxylic acids is 1. The van der Waals surface area contributed by atoms with Crippen molar-refractivity contribution in [1.29, 1.82) is 0 Å². The molecule has 0 heterocycles. The third-order valence-electron chi connectivity index (χ3n) is 1.31. The van der Waals surface area contributed by atoms with Crippen molar-refractivity contribution in [3.8, 4) is 0 Å². The molecule has 1 unspecified atom stereocenters. The molecule has 0 aliphatic carbocycles. The Labute approximate surface area is 67.5 Å². The average Bonchev–Trinajstić information content (AvgIpc) is 1.98. The van der Waals surface area contributed by atoms with E-state index in [0.29, 0.717) is 0 Å². The molecule has 0 saturated heterocycles. The summed E-state index contributed by atoms with van der Waals surface area (Å²) in [7, 11) is 5.07. The van der Waals surface area contributed by atoms with E-state index in [2.05, 4.69) is 10.2 Å². The van der Waals surface area contributed by atoms with Crippen LogP contribution in [0.1, 0.15) is 13.3 Å². The van der Waals surface area contributed by atoms with Crippen molar-refractivity contribution in [2.75, 3.05) is 21.2 Å². The van der Waals surface area contributed by atoms with E-state index >= 15 is 0 Å². The van der Waals surface area contributed by atoms with E-state index in [0.717, 1.165) is 6.42 Å². The number of rotatable bonds is 4. The first-order valence-electron chi connectivity index (χ1n) is 3.63. The van der Waals surface area contributed by atoms with Gasteiger partial charge < -0.3 is 4.74 Å². The summed E-state index contributed by atoms with van der Waals surface area (Å²) in [5, 5.41) is 1.74. The molecule has 4 nitrogen and oxygen atoms in total. The predicted molar refractivity (Wildman–Crippen MR) is 42.9 cm³/mol. The van der Waals surface area contributed by atoms with Gasteiger partial charge in [0.25, 0.3) is 0 Å². The molecule has 1 N–H and O–H groups in total. The molecular formula is C7H16N2O2. The quantitative estimate of drug-likeness (QED) is 0.464. The second-order valence-electron chi connectivity index (χ2n) is 2.51. The van der Waals surface area contributed by atoms with Gasteiger partial charge in [-0.3, -0.25) is 4.79 Å². The van der Waals surface area contributed by atoms with Crippen LogP contribution >= 0.6 is 0 Å². The number of hydrogen-bond donors (Lipinski definition) is 1. The van der Waals surface area contributed by atoms with E-state index in [9.17, 15) is 4.79 Å². The molecule has 1 atom stereocenters. The Morgan fingerprint density at radius 3 is 2.45 bits per heavy atom. The number of hydrogen-bond acceptors (Lipinski definition) is 4. The number of methoxy groups -OCH3 is 1. The van der Waals surface area contributed by atoms with Crippen LogP contribution in [0.25, 0.3) is 0 Å². The highest BCUT2D eigenvalue weighted by Crippen LogP contribution is 1.93. The van der Waals surface area contributed by atoms with Crippen molar-refractivity contribution in [3.63, 3.8) is 0 Å². The first-order valence-corrected chi connectivity index (χ1v) is 3.63. The number of ether oxygens (including phenoxy) is 1. The molecule has 0 aromatic heterocycles. The lowest BCUT2D eigenvalue weighted by Gasteiger charge is -2.19. The predicted octanol–water partition coefficient (Wildman–Crippen LogP) is 0.00420. The molecular weight excluding hydrogens is 144 g/mol. The Kier molecular flexibility index (Phi) is 4.81. The van der Waals surface area contributed by atoms with Crippen LogP contribution in [0.5, 0.6) is 0 Å². The van der Waals surface area contributed by atoms with Gasteiger partial charge in [-0.25, -0.2) is 10.4 Å². The van der Waals surface area contributed by atoms with Crippen molar-refractivity contribution in [2.24, 2.45) is 0 Å². The minimum atomic E-state index is -0.227. The van der Waals surface area contributed by atoms with E-state index in [-0.39, 0.29) is 12.0 Å². The first kappa shape index (κ1) is 10.4. The second-order valence-corrected chi connectivity index (χ2v) is 2.51. The summed E-state index contributed by atoms with van der Waals surface area (Å²) in [6.45, 7) is 1.93. The highest BCUT2D eigenvalue weighted by atomic mass is 16.5. The van der Waals surface area contributed by atoms with Crippen LogP contribution < -0.4 is 5.43 Å². The topological polar surface area (TPSA) is 41.6 Å². The maximum atomic E-state index is 11.0. The monoisotopic (exact) mass is 160 g/mol. The lowest BCUT2D eigenvalue weighted by molar-refractivity contribution is -0.144. The number of esters is 1. The average molecular weight is 160 g/mol. The largest absolute Gasteiger partial charge is 0.468 e. The van der Waals surface area contributed by atoms with Gasteiger partial charge in [-0.1, -0.05) is 6.92 Å². The zero-order valence-corrected chi connectivity index (χ0v) is 7.55. The van der Waals surface area contributed by atoms with E-state index in [1.165, 1.54) is 7.11 Å². The molecule has 0 rings (SSSR count). The van der Waals surface area contributed by atoms with Gasteiger partial charge in [-0.05, 0) is 6.42 Å². The van der Waals surface area contributed by atoms with Crippen molar-refractivity contribution in [1.82, 2.24) is 10.4 Å². The van der Waals surface area contributed by atoms with Gasteiger partial charge in [0, 0.05) is 14.1 Å². The van der Waals surface area contributed by atoms with Crippen LogP contribution in [-0.2, 0) is 9.53 Å². The van der Waals surface area contributed by atoms with Crippen molar-refractivity contribution in [3.05, 3.63) is 0 Å². The van der Waals surface area contributed by atoms with Crippen molar-refractivity contribution in [2.45, 2.75) is 19.4 Å². The Bertz CT molecular complexity index is 126. The molecule has 0 aliphatic rings. The molecule has 0 bridgehead atoms. The van der Waals surface area contributed by atoms with E-state index in [1.807, 2.05) is 21.0 Å². The lowest BCUT2D eigenvalue weighted by atomic mass is 10.2.